The van der Waals surface area contributed by atoms with Crippen LogP contribution in [-0.2, 0) is 14.8 Å². The maximum atomic E-state index is 12.8. The molecule has 0 aromatic heterocycles. The molecule has 0 bridgehead atoms. The molecule has 0 radical (unpaired) electrons. The average molecular weight is 378 g/mol. The van der Waals surface area contributed by atoms with Crippen LogP contribution in [0.4, 0.5) is 5.69 Å². The minimum absolute atomic E-state index is 0.136. The van der Waals surface area contributed by atoms with Crippen molar-refractivity contribution in [3.63, 3.8) is 0 Å². The number of sulfonamides is 1. The number of nitrogens with zero attached hydrogens (tertiary/aromatic N) is 1. The molecule has 2 rings (SSSR count). The highest BCUT2D eigenvalue weighted by Crippen LogP contribution is 2.25. The first-order valence-electron chi connectivity index (χ1n) is 8.17. The molecule has 26 heavy (non-hydrogen) atoms. The normalized spacial score (nSPS) is 11.0. The molecule has 0 aliphatic heterocycles. The number of rotatable bonds is 9. The number of ether oxygens (including phenoxy) is 1. The fourth-order valence-electron chi connectivity index (χ4n) is 2.31. The molecule has 2 aromatic rings. The number of benzene rings is 2. The van der Waals surface area contributed by atoms with Crippen LogP contribution in [-0.4, -0.2) is 45.7 Å². The first kappa shape index (κ1) is 19.7. The summed E-state index contributed by atoms with van der Waals surface area (Å²) in [5.41, 5.74) is 0.508. The van der Waals surface area contributed by atoms with E-state index in [1.54, 1.807) is 61.5 Å². The molecular weight excluding hydrogens is 356 g/mol. The summed E-state index contributed by atoms with van der Waals surface area (Å²) in [5.74, 6) is 0.103. The SMILES string of the molecule is CCN(c1ccc(OCC(=O)NCCO)cc1)S(=O)(=O)c1ccccc1. The highest BCUT2D eigenvalue weighted by atomic mass is 32.2. The van der Waals surface area contributed by atoms with Crippen LogP contribution in [0.5, 0.6) is 5.75 Å². The highest BCUT2D eigenvalue weighted by molar-refractivity contribution is 7.92. The van der Waals surface area contributed by atoms with E-state index in [-0.39, 0.29) is 37.1 Å². The standard InChI is InChI=1S/C18H22N2O5S/c1-2-20(26(23,24)17-6-4-3-5-7-17)15-8-10-16(11-9-15)25-14-18(22)19-12-13-21/h3-11,21H,2,12-14H2,1H3,(H,19,22). The second-order valence-corrected chi connectivity index (χ2v) is 7.20. The summed E-state index contributed by atoms with van der Waals surface area (Å²) in [6.45, 7) is 1.89. The van der Waals surface area contributed by atoms with Gasteiger partial charge in [0, 0.05) is 13.1 Å². The number of aliphatic hydroxyl groups is 1. The Morgan fingerprint density at radius 3 is 2.35 bits per heavy atom. The fraction of sp³-hybridized carbons (Fsp3) is 0.278. The molecule has 0 fully saturated rings. The highest BCUT2D eigenvalue weighted by Gasteiger charge is 2.23. The number of anilines is 1. The number of amides is 1. The summed E-state index contributed by atoms with van der Waals surface area (Å²) < 4.78 is 32.2. The second-order valence-electron chi connectivity index (χ2n) is 5.34. The van der Waals surface area contributed by atoms with Gasteiger partial charge >= 0.3 is 0 Å². The van der Waals surface area contributed by atoms with Gasteiger partial charge in [-0.05, 0) is 43.3 Å². The molecule has 0 saturated heterocycles. The van der Waals surface area contributed by atoms with E-state index in [2.05, 4.69) is 5.32 Å². The number of hydrogen-bond donors (Lipinski definition) is 2. The van der Waals surface area contributed by atoms with Gasteiger partial charge < -0.3 is 15.2 Å². The molecular formula is C18H22N2O5S. The molecule has 0 aliphatic rings. The lowest BCUT2D eigenvalue weighted by atomic mass is 10.3. The zero-order valence-electron chi connectivity index (χ0n) is 14.5. The van der Waals surface area contributed by atoms with Gasteiger partial charge in [-0.25, -0.2) is 8.42 Å². The Kier molecular flexibility index (Phi) is 6.99. The maximum absolute atomic E-state index is 12.8. The largest absolute Gasteiger partial charge is 0.484 e. The van der Waals surface area contributed by atoms with E-state index < -0.39 is 10.0 Å². The van der Waals surface area contributed by atoms with E-state index in [1.165, 1.54) is 4.31 Å². The molecule has 1 amide bonds. The van der Waals surface area contributed by atoms with Gasteiger partial charge in [0.15, 0.2) is 6.61 Å². The first-order chi connectivity index (χ1) is 12.5. The summed E-state index contributed by atoms with van der Waals surface area (Å²) in [5, 5.41) is 11.1. The first-order valence-corrected chi connectivity index (χ1v) is 9.61. The van der Waals surface area contributed by atoms with Crippen molar-refractivity contribution in [3.8, 4) is 5.75 Å². The molecule has 0 unspecified atom stereocenters. The summed E-state index contributed by atoms with van der Waals surface area (Å²) in [4.78, 5) is 11.7. The lowest BCUT2D eigenvalue weighted by Crippen LogP contribution is -2.31. The van der Waals surface area contributed by atoms with Gasteiger partial charge in [0.2, 0.25) is 0 Å². The molecule has 0 spiro atoms. The van der Waals surface area contributed by atoms with Crippen LogP contribution < -0.4 is 14.4 Å². The quantitative estimate of drug-likeness (QED) is 0.687. The van der Waals surface area contributed by atoms with Gasteiger partial charge in [-0.1, -0.05) is 18.2 Å². The summed E-state index contributed by atoms with van der Waals surface area (Å²) in [7, 11) is -3.65. The molecule has 140 valence electrons. The number of carbonyl (C=O) groups excluding carboxylic acids is 1. The van der Waals surface area contributed by atoms with Gasteiger partial charge in [0.25, 0.3) is 15.9 Å². The third-order valence-corrected chi connectivity index (χ3v) is 5.46. The van der Waals surface area contributed by atoms with Crippen molar-refractivity contribution in [1.82, 2.24) is 5.32 Å². The van der Waals surface area contributed by atoms with Crippen molar-refractivity contribution in [1.29, 1.82) is 0 Å². The van der Waals surface area contributed by atoms with Crippen LogP contribution in [0.2, 0.25) is 0 Å². The zero-order valence-corrected chi connectivity index (χ0v) is 15.3. The van der Waals surface area contributed by atoms with Gasteiger partial charge in [-0.3, -0.25) is 9.10 Å². The topological polar surface area (TPSA) is 95.9 Å². The molecule has 2 N–H and O–H groups in total. The molecule has 8 heteroatoms. The van der Waals surface area contributed by atoms with Crippen molar-refractivity contribution in [2.24, 2.45) is 0 Å². The van der Waals surface area contributed by atoms with Crippen LogP contribution >= 0.6 is 0 Å². The van der Waals surface area contributed by atoms with Crippen molar-refractivity contribution in [2.45, 2.75) is 11.8 Å². The molecule has 0 heterocycles. The van der Waals surface area contributed by atoms with Crippen molar-refractivity contribution in [3.05, 3.63) is 54.6 Å². The Hall–Kier alpha value is -2.58. The van der Waals surface area contributed by atoms with E-state index in [1.807, 2.05) is 0 Å². The van der Waals surface area contributed by atoms with Gasteiger partial charge in [0.05, 0.1) is 17.2 Å². The summed E-state index contributed by atoms with van der Waals surface area (Å²) >= 11 is 0. The smallest absolute Gasteiger partial charge is 0.264 e. The number of nitrogens with one attached hydrogen (secondary N) is 1. The Bertz CT molecular complexity index is 807. The lowest BCUT2D eigenvalue weighted by molar-refractivity contribution is -0.123. The monoisotopic (exact) mass is 378 g/mol. The van der Waals surface area contributed by atoms with E-state index in [9.17, 15) is 13.2 Å². The molecule has 0 aliphatic carbocycles. The van der Waals surface area contributed by atoms with Crippen LogP contribution in [0.3, 0.4) is 0 Å². The van der Waals surface area contributed by atoms with Crippen molar-refractivity contribution < 1.29 is 23.1 Å². The Labute approximate surface area is 153 Å². The maximum Gasteiger partial charge on any atom is 0.264 e. The number of hydrogen-bond acceptors (Lipinski definition) is 5. The van der Waals surface area contributed by atoms with Crippen LogP contribution in [0, 0.1) is 0 Å². The third-order valence-electron chi connectivity index (χ3n) is 3.55. The molecule has 7 nitrogen and oxygen atoms in total. The summed E-state index contributed by atoms with van der Waals surface area (Å²) in [6, 6.07) is 14.7. The lowest BCUT2D eigenvalue weighted by Gasteiger charge is -2.23. The average Bonchev–Trinajstić information content (AvgIpc) is 2.66. The van der Waals surface area contributed by atoms with Crippen molar-refractivity contribution in [2.75, 3.05) is 30.6 Å². The van der Waals surface area contributed by atoms with Crippen molar-refractivity contribution >= 4 is 21.6 Å². The molecule has 0 saturated carbocycles. The number of carbonyl (C=O) groups is 1. The second kappa shape index (κ2) is 9.21. The Morgan fingerprint density at radius 1 is 1.12 bits per heavy atom. The zero-order chi connectivity index (χ0) is 19.0. The van der Waals surface area contributed by atoms with E-state index in [0.717, 1.165) is 0 Å². The number of aliphatic hydroxyl groups excluding tert-OH is 1. The molecule has 0 atom stereocenters. The predicted octanol–water partition coefficient (Wildman–Crippen LogP) is 1.39. The minimum Gasteiger partial charge on any atom is -0.484 e. The van der Waals surface area contributed by atoms with Gasteiger partial charge in [0.1, 0.15) is 5.75 Å². The minimum atomic E-state index is -3.65. The Balaban J connectivity index is 2.09. The van der Waals surface area contributed by atoms with Gasteiger partial charge in [-0.2, -0.15) is 0 Å². The Morgan fingerprint density at radius 2 is 1.77 bits per heavy atom. The van der Waals surface area contributed by atoms with Gasteiger partial charge in [-0.15, -0.1) is 0 Å². The van der Waals surface area contributed by atoms with Crippen LogP contribution in [0.15, 0.2) is 59.5 Å². The van der Waals surface area contributed by atoms with Crippen LogP contribution in [0.25, 0.3) is 0 Å². The van der Waals surface area contributed by atoms with Crippen LogP contribution in [0.1, 0.15) is 6.92 Å². The van der Waals surface area contributed by atoms with E-state index in [4.69, 9.17) is 9.84 Å². The summed E-state index contributed by atoms with van der Waals surface area (Å²) in [6.07, 6.45) is 0. The van der Waals surface area contributed by atoms with E-state index >= 15 is 0 Å². The third kappa shape index (κ3) is 4.96. The molecule has 2 aromatic carbocycles. The predicted molar refractivity (Wildman–Crippen MR) is 98.7 cm³/mol. The van der Waals surface area contributed by atoms with E-state index in [0.29, 0.717) is 11.4 Å². The fourth-order valence-corrected chi connectivity index (χ4v) is 3.81.